The number of rotatable bonds is 4. The van der Waals surface area contributed by atoms with E-state index in [1.165, 1.54) is 0 Å². The predicted octanol–water partition coefficient (Wildman–Crippen LogP) is 3.73. The third kappa shape index (κ3) is 3.18. The predicted molar refractivity (Wildman–Crippen MR) is 64.9 cm³/mol. The lowest BCUT2D eigenvalue weighted by Gasteiger charge is -2.07. The Morgan fingerprint density at radius 2 is 1.78 bits per heavy atom. The van der Waals surface area contributed by atoms with Crippen molar-refractivity contribution >= 4 is 5.97 Å². The van der Waals surface area contributed by atoms with Gasteiger partial charge in [-0.05, 0) is 11.5 Å². The Morgan fingerprint density at radius 3 is 2.35 bits per heavy atom. The molecule has 0 saturated heterocycles. The Bertz CT molecular complexity index is 684. The first kappa shape index (κ1) is 17.3. The van der Waals surface area contributed by atoms with E-state index in [0.29, 0.717) is 6.08 Å². The molecule has 2 atom stereocenters. The van der Waals surface area contributed by atoms with Crippen molar-refractivity contribution in [2.24, 2.45) is 17.3 Å². The van der Waals surface area contributed by atoms with Crippen LogP contribution in [0.25, 0.3) is 0 Å². The Hall–Kier alpha value is -2.06. The van der Waals surface area contributed by atoms with Gasteiger partial charge in [0.05, 0.1) is 5.92 Å². The van der Waals surface area contributed by atoms with Crippen LogP contribution in [0.5, 0.6) is 0 Å². The number of halogens is 6. The van der Waals surface area contributed by atoms with Crippen molar-refractivity contribution in [3.63, 3.8) is 0 Å². The van der Waals surface area contributed by atoms with Crippen LogP contribution in [0.15, 0.2) is 12.2 Å². The van der Waals surface area contributed by atoms with Gasteiger partial charge < -0.3 is 4.74 Å². The monoisotopic (exact) mass is 339 g/mol. The van der Waals surface area contributed by atoms with Crippen LogP contribution in [0.2, 0.25) is 0 Å². The lowest BCUT2D eigenvalue weighted by molar-refractivity contribution is -0.147. The molecule has 0 spiro atoms. The number of nitrogens with zero attached hydrogens (tertiary/aromatic N) is 1. The van der Waals surface area contributed by atoms with Gasteiger partial charge in [-0.25, -0.2) is 13.8 Å². The fourth-order valence-corrected chi connectivity index (χ4v) is 2.43. The van der Waals surface area contributed by atoms with E-state index in [1.54, 1.807) is 13.8 Å². The molecule has 1 aromatic heterocycles. The summed E-state index contributed by atoms with van der Waals surface area (Å²) >= 11 is 0. The van der Waals surface area contributed by atoms with Crippen LogP contribution < -0.4 is 0 Å². The van der Waals surface area contributed by atoms with Crippen molar-refractivity contribution in [1.29, 1.82) is 0 Å². The van der Waals surface area contributed by atoms with E-state index in [0.717, 1.165) is 0 Å². The molecule has 23 heavy (non-hydrogen) atoms. The van der Waals surface area contributed by atoms with E-state index in [1.807, 2.05) is 0 Å². The first-order chi connectivity index (χ1) is 10.6. The summed E-state index contributed by atoms with van der Waals surface area (Å²) in [7, 11) is 0. The molecular weight excluding hydrogens is 328 g/mol. The molecule has 0 amide bonds. The van der Waals surface area contributed by atoms with Crippen molar-refractivity contribution in [3.05, 3.63) is 41.2 Å². The van der Waals surface area contributed by atoms with Gasteiger partial charge in [-0.15, -0.1) is 0 Å². The highest BCUT2D eigenvalue weighted by molar-refractivity contribution is 5.78. The summed E-state index contributed by atoms with van der Waals surface area (Å²) in [5, 5.41) is 0. The van der Waals surface area contributed by atoms with Crippen LogP contribution in [0, 0.1) is 40.7 Å². The average molecular weight is 339 g/mol. The molecular formula is C14H11F6NO2. The molecule has 2 rings (SSSR count). The normalized spacial score (nSPS) is 21.7. The molecule has 1 aliphatic rings. The van der Waals surface area contributed by atoms with Crippen molar-refractivity contribution in [2.75, 3.05) is 0 Å². The number of aromatic nitrogens is 1. The zero-order valence-electron chi connectivity index (χ0n) is 12.0. The van der Waals surface area contributed by atoms with Gasteiger partial charge >= 0.3 is 5.97 Å². The van der Waals surface area contributed by atoms with Gasteiger partial charge in [-0.3, -0.25) is 4.79 Å². The molecule has 126 valence electrons. The minimum absolute atomic E-state index is 0.613. The quantitative estimate of drug-likeness (QED) is 0.477. The highest BCUT2D eigenvalue weighted by Crippen LogP contribution is 2.60. The number of ether oxygens (including phenoxy) is 1. The van der Waals surface area contributed by atoms with Gasteiger partial charge in [0.2, 0.25) is 11.6 Å². The Balaban J connectivity index is 2.08. The maximum atomic E-state index is 13.4. The minimum atomic E-state index is -2.08. The third-order valence-corrected chi connectivity index (χ3v) is 3.87. The summed E-state index contributed by atoms with van der Waals surface area (Å²) in [6.45, 7) is 2.16. The third-order valence-electron chi connectivity index (χ3n) is 3.87. The van der Waals surface area contributed by atoms with Crippen LogP contribution in [-0.4, -0.2) is 11.0 Å². The summed E-state index contributed by atoms with van der Waals surface area (Å²) < 4.78 is 81.2. The van der Waals surface area contributed by atoms with Crippen LogP contribution in [-0.2, 0) is 16.1 Å². The zero-order valence-corrected chi connectivity index (χ0v) is 12.0. The number of hydrogen-bond donors (Lipinski definition) is 0. The number of allylic oxidation sites excluding steroid dienone is 1. The zero-order chi connectivity index (χ0) is 17.5. The van der Waals surface area contributed by atoms with Crippen molar-refractivity contribution in [3.8, 4) is 0 Å². The molecule has 0 unspecified atom stereocenters. The van der Waals surface area contributed by atoms with E-state index < -0.39 is 65.0 Å². The van der Waals surface area contributed by atoms with E-state index in [2.05, 4.69) is 9.72 Å². The largest absolute Gasteiger partial charge is 0.459 e. The topological polar surface area (TPSA) is 39.2 Å². The summed E-state index contributed by atoms with van der Waals surface area (Å²) in [6, 6.07) is 0. The highest BCUT2D eigenvalue weighted by atomic mass is 19.3. The number of esters is 1. The fourth-order valence-electron chi connectivity index (χ4n) is 2.43. The molecule has 0 aromatic carbocycles. The molecule has 1 saturated carbocycles. The molecule has 1 heterocycles. The number of carbonyl (C=O) groups excluding carboxylic acids is 1. The fraction of sp³-hybridized carbons (Fsp3) is 0.429. The minimum Gasteiger partial charge on any atom is -0.459 e. The second-order valence-electron chi connectivity index (χ2n) is 5.68. The van der Waals surface area contributed by atoms with E-state index in [-0.39, 0.29) is 0 Å². The first-order valence-corrected chi connectivity index (χ1v) is 6.45. The van der Waals surface area contributed by atoms with Gasteiger partial charge in [0.15, 0.2) is 5.82 Å². The smallest absolute Gasteiger partial charge is 0.310 e. The van der Waals surface area contributed by atoms with Crippen LogP contribution in [0.4, 0.5) is 26.3 Å². The molecule has 0 N–H and O–H groups in total. The lowest BCUT2D eigenvalue weighted by atomic mass is 10.1. The number of carbonyl (C=O) groups is 1. The lowest BCUT2D eigenvalue weighted by Crippen LogP contribution is -2.14. The second kappa shape index (κ2) is 5.86. The van der Waals surface area contributed by atoms with Gasteiger partial charge in [0.25, 0.3) is 12.0 Å². The van der Waals surface area contributed by atoms with Crippen LogP contribution >= 0.6 is 0 Å². The molecule has 0 aliphatic heterocycles. The van der Waals surface area contributed by atoms with E-state index in [9.17, 15) is 31.1 Å². The Labute approximate surface area is 127 Å². The standard InChI is InChI=1S/C14H11F6NO2/c1-14(2)5(3-7(15)16)8(14)13(22)23-4-6-9(17)10(18)11(19)12(20)21-6/h3,5,8H,4H2,1-2H3/t5-,8-/m0/s1. The molecule has 1 fully saturated rings. The molecule has 1 aromatic rings. The van der Waals surface area contributed by atoms with Crippen molar-refractivity contribution in [2.45, 2.75) is 20.5 Å². The van der Waals surface area contributed by atoms with Gasteiger partial charge in [-0.1, -0.05) is 13.8 Å². The van der Waals surface area contributed by atoms with E-state index in [4.69, 9.17) is 0 Å². The summed E-state index contributed by atoms with van der Waals surface area (Å²) in [5.41, 5.74) is -1.72. The van der Waals surface area contributed by atoms with Gasteiger partial charge in [0, 0.05) is 5.92 Å². The Kier molecular flexibility index (Phi) is 4.41. The number of pyridine rings is 1. The maximum absolute atomic E-state index is 13.4. The maximum Gasteiger partial charge on any atom is 0.310 e. The second-order valence-corrected chi connectivity index (χ2v) is 5.68. The summed E-state index contributed by atoms with van der Waals surface area (Å²) in [4.78, 5) is 14.6. The van der Waals surface area contributed by atoms with Crippen molar-refractivity contribution in [1.82, 2.24) is 4.98 Å². The molecule has 9 heteroatoms. The SMILES string of the molecule is CC1(C)[C@H](C(=O)OCc2nc(F)c(F)c(F)c2F)[C@@H]1C=C(F)F. The number of hydrogen-bond acceptors (Lipinski definition) is 3. The Morgan fingerprint density at radius 1 is 1.17 bits per heavy atom. The van der Waals surface area contributed by atoms with Crippen LogP contribution in [0.1, 0.15) is 19.5 Å². The summed E-state index contributed by atoms with van der Waals surface area (Å²) in [5.74, 6) is -10.4. The van der Waals surface area contributed by atoms with Gasteiger partial charge in [-0.2, -0.15) is 17.6 Å². The molecule has 0 radical (unpaired) electrons. The molecule has 3 nitrogen and oxygen atoms in total. The van der Waals surface area contributed by atoms with Crippen LogP contribution in [0.3, 0.4) is 0 Å². The van der Waals surface area contributed by atoms with Gasteiger partial charge in [0.1, 0.15) is 12.3 Å². The first-order valence-electron chi connectivity index (χ1n) is 6.45. The molecule has 1 aliphatic carbocycles. The molecule has 0 bridgehead atoms. The average Bonchev–Trinajstić information content (AvgIpc) is 2.99. The van der Waals surface area contributed by atoms with E-state index >= 15 is 0 Å². The summed E-state index contributed by atoms with van der Waals surface area (Å²) in [6.07, 6.45) is -1.34. The van der Waals surface area contributed by atoms with Crippen molar-refractivity contribution < 1.29 is 35.9 Å². The highest BCUT2D eigenvalue weighted by Gasteiger charge is 2.62.